The molecule has 0 radical (unpaired) electrons. The number of carbonyl (C=O) groups excluding carboxylic acids is 1. The molecule has 1 heterocycles. The molecule has 0 aliphatic carbocycles. The fourth-order valence-corrected chi connectivity index (χ4v) is 2.37. The van der Waals surface area contributed by atoms with Crippen LogP contribution in [0.25, 0.3) is 0 Å². The van der Waals surface area contributed by atoms with Crippen molar-refractivity contribution >= 4 is 5.97 Å². The molecule has 0 amide bonds. The zero-order valence-corrected chi connectivity index (χ0v) is 11.6. The fraction of sp³-hybridized carbons (Fsp3) is 0.400. The first-order valence-corrected chi connectivity index (χ1v) is 6.08. The number of fused-ring (bicyclic) bond motifs is 1. The van der Waals surface area contributed by atoms with Crippen molar-refractivity contribution in [2.75, 3.05) is 7.11 Å². The molecule has 0 saturated carbocycles. The lowest BCUT2D eigenvalue weighted by Gasteiger charge is -2.28. The molecule has 1 aliphatic heterocycles. The molecule has 4 heteroatoms. The second kappa shape index (κ2) is 4.30. The van der Waals surface area contributed by atoms with E-state index in [2.05, 4.69) is 6.58 Å². The Kier molecular flexibility index (Phi) is 3.04. The molecule has 1 unspecified atom stereocenters. The fourth-order valence-electron chi connectivity index (χ4n) is 2.37. The number of methoxy groups -OCH3 is 1. The molecule has 1 aromatic carbocycles. The number of cyclic esters (lactones) is 1. The van der Waals surface area contributed by atoms with Crippen molar-refractivity contribution in [3.05, 3.63) is 35.4 Å². The van der Waals surface area contributed by atoms with Crippen LogP contribution in [0.4, 0.5) is 0 Å². The van der Waals surface area contributed by atoms with Gasteiger partial charge < -0.3 is 14.6 Å². The average Bonchev–Trinajstić information content (AvgIpc) is 2.73. The molecule has 1 aliphatic rings. The van der Waals surface area contributed by atoms with E-state index in [-0.39, 0.29) is 11.3 Å². The summed E-state index contributed by atoms with van der Waals surface area (Å²) in [5.74, 6) is -0.0672. The highest BCUT2D eigenvalue weighted by atomic mass is 16.6. The second-order valence-electron chi connectivity index (χ2n) is 5.32. The summed E-state index contributed by atoms with van der Waals surface area (Å²) in [5.41, 5.74) is 1.30. The lowest BCUT2D eigenvalue weighted by Crippen LogP contribution is -2.20. The van der Waals surface area contributed by atoms with Crippen LogP contribution >= 0.6 is 0 Å². The average molecular weight is 262 g/mol. The SMILES string of the molecule is C=CC(C)(C)C1OC(=O)c2c(O)cc(OC)c(C)c21. The van der Waals surface area contributed by atoms with Crippen LogP contribution in [-0.2, 0) is 4.74 Å². The standard InChI is InChI=1S/C15H18O4/c1-6-15(3,4)13-11-8(2)10(18-5)7-9(16)12(11)14(17)19-13/h6-7,13,16H,1H2,2-5H3. The predicted octanol–water partition coefficient (Wildman–Crippen LogP) is 3.13. The number of aromatic hydroxyl groups is 1. The van der Waals surface area contributed by atoms with E-state index in [1.54, 1.807) is 6.08 Å². The Balaban J connectivity index is 2.72. The van der Waals surface area contributed by atoms with Crippen molar-refractivity contribution in [2.45, 2.75) is 26.9 Å². The van der Waals surface area contributed by atoms with Gasteiger partial charge in [-0.05, 0) is 12.5 Å². The van der Waals surface area contributed by atoms with Gasteiger partial charge in [-0.3, -0.25) is 0 Å². The summed E-state index contributed by atoms with van der Waals surface area (Å²) in [5, 5.41) is 9.99. The Bertz CT molecular complexity index is 558. The maximum Gasteiger partial charge on any atom is 0.343 e. The highest BCUT2D eigenvalue weighted by molar-refractivity contribution is 5.98. The number of esters is 1. The molecular weight excluding hydrogens is 244 g/mol. The first-order valence-electron chi connectivity index (χ1n) is 6.08. The number of phenols is 1. The maximum absolute atomic E-state index is 12.0. The minimum absolute atomic E-state index is 0.107. The zero-order chi connectivity index (χ0) is 14.4. The van der Waals surface area contributed by atoms with Crippen molar-refractivity contribution in [1.82, 2.24) is 0 Å². The predicted molar refractivity (Wildman–Crippen MR) is 71.5 cm³/mol. The molecule has 1 aromatic rings. The first kappa shape index (κ1) is 13.5. The van der Waals surface area contributed by atoms with Gasteiger partial charge in [-0.2, -0.15) is 0 Å². The van der Waals surface area contributed by atoms with Gasteiger partial charge in [0, 0.05) is 17.0 Å². The van der Waals surface area contributed by atoms with Crippen LogP contribution < -0.4 is 4.74 Å². The number of ether oxygens (including phenoxy) is 2. The van der Waals surface area contributed by atoms with Crippen LogP contribution in [-0.4, -0.2) is 18.2 Å². The third-order valence-electron chi connectivity index (χ3n) is 3.68. The molecule has 0 bridgehead atoms. The van der Waals surface area contributed by atoms with E-state index in [1.807, 2.05) is 20.8 Å². The normalized spacial score (nSPS) is 17.9. The Morgan fingerprint density at radius 3 is 2.68 bits per heavy atom. The van der Waals surface area contributed by atoms with Gasteiger partial charge in [-0.15, -0.1) is 6.58 Å². The Morgan fingerprint density at radius 1 is 1.53 bits per heavy atom. The molecular formula is C15H18O4. The molecule has 0 aromatic heterocycles. The number of rotatable bonds is 3. The quantitative estimate of drug-likeness (QED) is 0.671. The monoisotopic (exact) mass is 262 g/mol. The van der Waals surface area contributed by atoms with Crippen molar-refractivity contribution in [1.29, 1.82) is 0 Å². The molecule has 0 fully saturated rings. The van der Waals surface area contributed by atoms with Crippen LogP contribution in [0.15, 0.2) is 18.7 Å². The van der Waals surface area contributed by atoms with Crippen LogP contribution in [0, 0.1) is 12.3 Å². The second-order valence-corrected chi connectivity index (χ2v) is 5.32. The lowest BCUT2D eigenvalue weighted by molar-refractivity contribution is 0.0147. The van der Waals surface area contributed by atoms with Crippen molar-refractivity contribution in [3.8, 4) is 11.5 Å². The van der Waals surface area contributed by atoms with Crippen LogP contribution in [0.3, 0.4) is 0 Å². The number of carbonyl (C=O) groups is 1. The largest absolute Gasteiger partial charge is 0.507 e. The maximum atomic E-state index is 12.0. The van der Waals surface area contributed by atoms with Crippen molar-refractivity contribution < 1.29 is 19.4 Å². The summed E-state index contributed by atoms with van der Waals surface area (Å²) in [6, 6.07) is 1.44. The lowest BCUT2D eigenvalue weighted by atomic mass is 9.80. The molecule has 4 nitrogen and oxygen atoms in total. The van der Waals surface area contributed by atoms with E-state index in [9.17, 15) is 9.90 Å². The molecule has 1 N–H and O–H groups in total. The molecule has 0 spiro atoms. The van der Waals surface area contributed by atoms with Gasteiger partial charge in [-0.25, -0.2) is 4.79 Å². The van der Waals surface area contributed by atoms with Crippen LogP contribution in [0.2, 0.25) is 0 Å². The molecule has 1 atom stereocenters. The summed E-state index contributed by atoms with van der Waals surface area (Å²) < 4.78 is 10.7. The molecule has 0 saturated heterocycles. The highest BCUT2D eigenvalue weighted by Gasteiger charge is 2.43. The van der Waals surface area contributed by atoms with E-state index in [0.717, 1.165) is 5.56 Å². The summed E-state index contributed by atoms with van der Waals surface area (Å²) in [4.78, 5) is 12.0. The highest BCUT2D eigenvalue weighted by Crippen LogP contribution is 2.49. The van der Waals surface area contributed by atoms with E-state index < -0.39 is 17.5 Å². The Labute approximate surface area is 112 Å². The third kappa shape index (κ3) is 1.87. The number of hydrogen-bond donors (Lipinski definition) is 1. The minimum atomic E-state index is -0.502. The Hall–Kier alpha value is -1.97. The van der Waals surface area contributed by atoms with Gasteiger partial charge in [0.2, 0.25) is 0 Å². The van der Waals surface area contributed by atoms with E-state index in [1.165, 1.54) is 13.2 Å². The van der Waals surface area contributed by atoms with Gasteiger partial charge in [0.15, 0.2) is 0 Å². The minimum Gasteiger partial charge on any atom is -0.507 e. The zero-order valence-electron chi connectivity index (χ0n) is 11.6. The summed E-state index contributed by atoms with van der Waals surface area (Å²) in [7, 11) is 1.53. The molecule has 2 rings (SSSR count). The van der Waals surface area contributed by atoms with Gasteiger partial charge in [0.1, 0.15) is 23.2 Å². The first-order chi connectivity index (χ1) is 8.83. The van der Waals surface area contributed by atoms with Gasteiger partial charge in [0.05, 0.1) is 7.11 Å². The van der Waals surface area contributed by atoms with Gasteiger partial charge in [-0.1, -0.05) is 19.9 Å². The summed E-state index contributed by atoms with van der Waals surface area (Å²) >= 11 is 0. The van der Waals surface area contributed by atoms with Crippen molar-refractivity contribution in [3.63, 3.8) is 0 Å². The van der Waals surface area contributed by atoms with E-state index in [4.69, 9.17) is 9.47 Å². The van der Waals surface area contributed by atoms with Crippen LogP contribution in [0.1, 0.15) is 41.4 Å². The molecule has 19 heavy (non-hydrogen) atoms. The van der Waals surface area contributed by atoms with Gasteiger partial charge >= 0.3 is 5.97 Å². The van der Waals surface area contributed by atoms with Crippen molar-refractivity contribution in [2.24, 2.45) is 5.41 Å². The van der Waals surface area contributed by atoms with Crippen LogP contribution in [0.5, 0.6) is 11.5 Å². The smallest absolute Gasteiger partial charge is 0.343 e. The van der Waals surface area contributed by atoms with E-state index in [0.29, 0.717) is 11.3 Å². The number of phenolic OH excluding ortho intramolecular Hbond substituents is 1. The van der Waals surface area contributed by atoms with E-state index >= 15 is 0 Å². The topological polar surface area (TPSA) is 55.8 Å². The summed E-state index contributed by atoms with van der Waals surface area (Å²) in [6.07, 6.45) is 1.28. The third-order valence-corrected chi connectivity index (χ3v) is 3.68. The number of hydrogen-bond acceptors (Lipinski definition) is 4. The summed E-state index contributed by atoms with van der Waals surface area (Å²) in [6.45, 7) is 9.50. The molecule has 102 valence electrons. The Morgan fingerprint density at radius 2 is 2.16 bits per heavy atom. The van der Waals surface area contributed by atoms with Gasteiger partial charge in [0.25, 0.3) is 0 Å². The number of benzene rings is 1.